The van der Waals surface area contributed by atoms with E-state index in [9.17, 15) is 4.79 Å². The van der Waals surface area contributed by atoms with Gasteiger partial charge in [-0.25, -0.2) is 0 Å². The number of carbonyl (C=O) groups is 1. The van der Waals surface area contributed by atoms with Gasteiger partial charge in [0.1, 0.15) is 5.69 Å². The zero-order valence-corrected chi connectivity index (χ0v) is 15.4. The number of aromatic nitrogens is 2. The van der Waals surface area contributed by atoms with Gasteiger partial charge in [-0.05, 0) is 30.0 Å². The van der Waals surface area contributed by atoms with Crippen LogP contribution >= 0.6 is 0 Å². The monoisotopic (exact) mass is 355 g/mol. The first-order valence-corrected chi connectivity index (χ1v) is 9.42. The molecule has 4 nitrogen and oxygen atoms in total. The number of hydrogen-bond donors (Lipinski definition) is 0. The van der Waals surface area contributed by atoms with Gasteiger partial charge in [0.25, 0.3) is 5.91 Å². The molecule has 4 aromatic rings. The first kappa shape index (κ1) is 16.1. The van der Waals surface area contributed by atoms with Crippen molar-refractivity contribution < 1.29 is 4.79 Å². The van der Waals surface area contributed by atoms with Gasteiger partial charge < -0.3 is 9.47 Å². The van der Waals surface area contributed by atoms with Crippen molar-refractivity contribution in [1.29, 1.82) is 0 Å². The van der Waals surface area contributed by atoms with Crippen LogP contribution in [0.5, 0.6) is 0 Å². The van der Waals surface area contributed by atoms with Gasteiger partial charge in [0.2, 0.25) is 0 Å². The third kappa shape index (κ3) is 2.52. The molecule has 3 heterocycles. The Balaban J connectivity index is 1.87. The molecule has 0 bridgehead atoms. The van der Waals surface area contributed by atoms with Crippen LogP contribution in [0.1, 0.15) is 28.0 Å². The summed E-state index contributed by atoms with van der Waals surface area (Å²) in [5.41, 5.74) is 5.22. The molecule has 5 rings (SSSR count). The van der Waals surface area contributed by atoms with Gasteiger partial charge in [0.15, 0.2) is 0 Å². The molecule has 0 fully saturated rings. The molecule has 27 heavy (non-hydrogen) atoms. The summed E-state index contributed by atoms with van der Waals surface area (Å²) >= 11 is 0. The Morgan fingerprint density at radius 3 is 2.74 bits per heavy atom. The fourth-order valence-electron chi connectivity index (χ4n) is 4.25. The zero-order valence-electron chi connectivity index (χ0n) is 15.4. The van der Waals surface area contributed by atoms with Crippen molar-refractivity contribution >= 4 is 27.7 Å². The summed E-state index contributed by atoms with van der Waals surface area (Å²) in [6, 6.07) is 18.7. The van der Waals surface area contributed by atoms with Gasteiger partial charge in [0, 0.05) is 37.1 Å². The number of carbonyl (C=O) groups excluding carboxylic acids is 1. The van der Waals surface area contributed by atoms with E-state index in [0.29, 0.717) is 6.54 Å². The lowest BCUT2D eigenvalue weighted by molar-refractivity contribution is 0.0790. The van der Waals surface area contributed by atoms with Gasteiger partial charge in [-0.2, -0.15) is 0 Å². The van der Waals surface area contributed by atoms with Crippen molar-refractivity contribution in [1.82, 2.24) is 14.5 Å². The molecule has 1 amide bonds. The number of amides is 1. The predicted octanol–water partition coefficient (Wildman–Crippen LogP) is 4.26. The Morgan fingerprint density at radius 2 is 1.89 bits per heavy atom. The molecule has 0 unspecified atom stereocenters. The van der Waals surface area contributed by atoms with Crippen LogP contribution in [0, 0.1) is 0 Å². The van der Waals surface area contributed by atoms with E-state index in [1.807, 2.05) is 42.4 Å². The first-order chi connectivity index (χ1) is 13.2. The van der Waals surface area contributed by atoms with Crippen molar-refractivity contribution in [3.05, 3.63) is 77.6 Å². The molecule has 1 aliphatic rings. The summed E-state index contributed by atoms with van der Waals surface area (Å²) < 4.78 is 2.19. The average molecular weight is 355 g/mol. The molecule has 2 aromatic carbocycles. The fourth-order valence-corrected chi connectivity index (χ4v) is 4.25. The summed E-state index contributed by atoms with van der Waals surface area (Å²) in [6.07, 6.45) is 3.74. The van der Waals surface area contributed by atoms with E-state index in [1.165, 1.54) is 11.1 Å². The first-order valence-electron chi connectivity index (χ1n) is 9.42. The second-order valence-corrected chi connectivity index (χ2v) is 7.27. The van der Waals surface area contributed by atoms with E-state index in [2.05, 4.69) is 39.9 Å². The van der Waals surface area contributed by atoms with Crippen LogP contribution in [0.25, 0.3) is 21.8 Å². The molecule has 0 aliphatic carbocycles. The van der Waals surface area contributed by atoms with Gasteiger partial charge >= 0.3 is 0 Å². The molecular weight excluding hydrogens is 334 g/mol. The van der Waals surface area contributed by atoms with Crippen LogP contribution in [0.3, 0.4) is 0 Å². The Labute approximate surface area is 158 Å². The third-order valence-electron chi connectivity index (χ3n) is 5.55. The number of fused-ring (bicyclic) bond motifs is 5. The quantitative estimate of drug-likeness (QED) is 0.539. The highest BCUT2D eigenvalue weighted by Gasteiger charge is 2.28. The summed E-state index contributed by atoms with van der Waals surface area (Å²) in [4.78, 5) is 19.8. The van der Waals surface area contributed by atoms with Crippen LogP contribution < -0.4 is 0 Å². The normalized spacial score (nSPS) is 14.6. The SMILES string of the molecule is CN1CCCc2c(n(Cc3ccccc3)c3c2ccc2cccnc23)C1=O. The Kier molecular flexibility index (Phi) is 3.71. The molecule has 134 valence electrons. The zero-order chi connectivity index (χ0) is 18.4. The third-order valence-corrected chi connectivity index (χ3v) is 5.55. The standard InChI is InChI=1S/C23H21N3O/c1-25-14-6-10-18-19-12-11-17-9-5-13-24-20(17)21(19)26(22(18)23(25)27)15-16-7-3-2-4-8-16/h2-5,7-9,11-13H,6,10,14-15H2,1H3. The fraction of sp³-hybridized carbons (Fsp3) is 0.217. The lowest BCUT2D eigenvalue weighted by Crippen LogP contribution is -2.28. The molecule has 0 N–H and O–H groups in total. The second-order valence-electron chi connectivity index (χ2n) is 7.27. The van der Waals surface area contributed by atoms with E-state index in [0.717, 1.165) is 46.9 Å². The molecule has 0 radical (unpaired) electrons. The molecular formula is C23H21N3O. The Bertz CT molecular complexity index is 1160. The van der Waals surface area contributed by atoms with E-state index >= 15 is 0 Å². The number of rotatable bonds is 2. The molecule has 4 heteroatoms. The maximum absolute atomic E-state index is 13.2. The van der Waals surface area contributed by atoms with Crippen LogP contribution in [0.2, 0.25) is 0 Å². The molecule has 0 spiro atoms. The molecule has 1 aliphatic heterocycles. The van der Waals surface area contributed by atoms with E-state index in [4.69, 9.17) is 0 Å². The second kappa shape index (κ2) is 6.23. The minimum absolute atomic E-state index is 0.110. The highest BCUT2D eigenvalue weighted by molar-refractivity contribution is 6.10. The van der Waals surface area contributed by atoms with Gasteiger partial charge in [-0.15, -0.1) is 0 Å². The van der Waals surface area contributed by atoms with Crippen LogP contribution in [0.15, 0.2) is 60.8 Å². The Hall–Kier alpha value is -3.14. The molecule has 0 saturated carbocycles. The van der Waals surface area contributed by atoms with Crippen molar-refractivity contribution in [2.45, 2.75) is 19.4 Å². The number of nitrogens with zero attached hydrogens (tertiary/aromatic N) is 3. The number of hydrogen-bond acceptors (Lipinski definition) is 2. The maximum Gasteiger partial charge on any atom is 0.270 e. The van der Waals surface area contributed by atoms with Crippen molar-refractivity contribution in [3.8, 4) is 0 Å². The highest BCUT2D eigenvalue weighted by Crippen LogP contribution is 2.34. The van der Waals surface area contributed by atoms with Crippen molar-refractivity contribution in [3.63, 3.8) is 0 Å². The average Bonchev–Trinajstić information content (AvgIpc) is 2.93. The summed E-state index contributed by atoms with van der Waals surface area (Å²) in [5, 5.41) is 2.27. The summed E-state index contributed by atoms with van der Waals surface area (Å²) in [7, 11) is 1.90. The number of aryl methyl sites for hydroxylation is 1. The van der Waals surface area contributed by atoms with Gasteiger partial charge in [0.05, 0.1) is 11.0 Å². The minimum atomic E-state index is 0.110. The smallest absolute Gasteiger partial charge is 0.270 e. The predicted molar refractivity (Wildman–Crippen MR) is 108 cm³/mol. The van der Waals surface area contributed by atoms with Crippen molar-refractivity contribution in [2.24, 2.45) is 0 Å². The van der Waals surface area contributed by atoms with Crippen LogP contribution in [-0.4, -0.2) is 34.0 Å². The number of pyridine rings is 1. The summed E-state index contributed by atoms with van der Waals surface area (Å²) in [6.45, 7) is 1.47. The van der Waals surface area contributed by atoms with E-state index in [1.54, 1.807) is 0 Å². The number of benzene rings is 2. The molecule has 0 atom stereocenters. The van der Waals surface area contributed by atoms with E-state index < -0.39 is 0 Å². The van der Waals surface area contributed by atoms with Gasteiger partial charge in [-0.3, -0.25) is 9.78 Å². The van der Waals surface area contributed by atoms with Crippen LogP contribution in [0.4, 0.5) is 0 Å². The van der Waals surface area contributed by atoms with Crippen LogP contribution in [-0.2, 0) is 13.0 Å². The highest BCUT2D eigenvalue weighted by atomic mass is 16.2. The largest absolute Gasteiger partial charge is 0.340 e. The minimum Gasteiger partial charge on any atom is -0.340 e. The molecule has 0 saturated heterocycles. The van der Waals surface area contributed by atoms with Crippen molar-refractivity contribution in [2.75, 3.05) is 13.6 Å². The lowest BCUT2D eigenvalue weighted by Gasteiger charge is -2.17. The van der Waals surface area contributed by atoms with Gasteiger partial charge in [-0.1, -0.05) is 48.5 Å². The topological polar surface area (TPSA) is 38.1 Å². The Morgan fingerprint density at radius 1 is 1.04 bits per heavy atom. The summed E-state index contributed by atoms with van der Waals surface area (Å²) in [5.74, 6) is 0.110. The lowest BCUT2D eigenvalue weighted by atomic mass is 10.0. The van der Waals surface area contributed by atoms with E-state index in [-0.39, 0.29) is 5.91 Å². The molecule has 2 aromatic heterocycles. The maximum atomic E-state index is 13.2.